The Labute approximate surface area is 192 Å². The lowest BCUT2D eigenvalue weighted by Gasteiger charge is -2.25. The van der Waals surface area contributed by atoms with Crippen LogP contribution in [-0.4, -0.2) is 69.3 Å². The predicted octanol–water partition coefficient (Wildman–Crippen LogP) is 5.49. The Kier molecular flexibility index (Phi) is 18.1. The minimum Gasteiger partial charge on any atom is -0.387 e. The Morgan fingerprint density at radius 2 is 1.45 bits per heavy atom. The van der Waals surface area contributed by atoms with Crippen molar-refractivity contribution in [3.8, 4) is 0 Å². The summed E-state index contributed by atoms with van der Waals surface area (Å²) in [4.78, 5) is 0. The number of allylic oxidation sites excluding steroid dienone is 1. The van der Waals surface area contributed by atoms with Crippen LogP contribution in [0.2, 0.25) is 0 Å². The molecule has 0 spiro atoms. The van der Waals surface area contributed by atoms with E-state index in [1.54, 1.807) is 6.08 Å². The predicted molar refractivity (Wildman–Crippen MR) is 133 cm³/mol. The maximum absolute atomic E-state index is 12.3. The average molecular weight is 464 g/mol. The van der Waals surface area contributed by atoms with Gasteiger partial charge in [0.2, 0.25) is 0 Å². The fourth-order valence-corrected chi connectivity index (χ4v) is 4.07. The highest BCUT2D eigenvalue weighted by molar-refractivity contribution is 7.52. The number of nitrogens with two attached hydrogens (primary N) is 1. The number of unbranched alkanes of at least 4 members (excludes halogenated alkanes) is 11. The van der Waals surface area contributed by atoms with Gasteiger partial charge in [-0.25, -0.2) is 0 Å². The van der Waals surface area contributed by atoms with E-state index in [1.807, 2.05) is 27.2 Å². The lowest BCUT2D eigenvalue weighted by molar-refractivity contribution is -0.870. The highest BCUT2D eigenvalue weighted by Gasteiger charge is 2.22. The van der Waals surface area contributed by atoms with Crippen LogP contribution in [-0.2, 0) is 13.6 Å². The molecule has 0 rings (SSSR count). The number of hydrogen-bond acceptors (Lipinski definition) is 5. The van der Waals surface area contributed by atoms with E-state index in [2.05, 4.69) is 6.92 Å². The molecule has 0 bridgehead atoms. The minimum absolute atomic E-state index is 0.00209. The van der Waals surface area contributed by atoms with Crippen molar-refractivity contribution in [2.45, 2.75) is 96.1 Å². The molecular formula is C24H52N2O4P+. The molecular weight excluding hydrogens is 411 g/mol. The number of likely N-dealkylation sites (N-methyl/N-ethyl adjacent to an activating group) is 1. The Bertz CT molecular complexity index is 494. The SMILES string of the molecule is CCCCCCCCCCCCC/C=C/[C@@H](O)[C@@H](N)CO[P@](C)(=O)OCC[N+](C)(C)C. The molecule has 186 valence electrons. The molecule has 0 saturated carbocycles. The summed E-state index contributed by atoms with van der Waals surface area (Å²) in [6.45, 7) is 4.80. The van der Waals surface area contributed by atoms with Gasteiger partial charge < -0.3 is 24.4 Å². The van der Waals surface area contributed by atoms with Crippen LogP contribution in [0.3, 0.4) is 0 Å². The van der Waals surface area contributed by atoms with E-state index < -0.39 is 19.7 Å². The maximum Gasteiger partial charge on any atom is 0.327 e. The molecule has 0 aromatic carbocycles. The van der Waals surface area contributed by atoms with Gasteiger partial charge in [0, 0.05) is 6.66 Å². The monoisotopic (exact) mass is 463 g/mol. The lowest BCUT2D eigenvalue weighted by atomic mass is 10.0. The van der Waals surface area contributed by atoms with Crippen molar-refractivity contribution in [1.82, 2.24) is 0 Å². The standard InChI is InChI=1S/C24H52N2O4P/c1-6-7-8-9-10-11-12-13-14-15-16-17-18-19-24(27)23(25)22-30-31(5,28)29-21-20-26(2,3)4/h18-19,23-24,27H,6-17,20-22,25H2,1-5H3/q+1/b19-18+/t23-,24+,31+/m0/s1. The molecule has 0 unspecified atom stereocenters. The molecule has 3 atom stereocenters. The number of nitrogens with zero attached hydrogens (tertiary/aromatic N) is 1. The zero-order valence-electron chi connectivity index (χ0n) is 21.1. The Hall–Kier alpha value is -0.230. The normalized spacial score (nSPS) is 16.5. The first-order valence-corrected chi connectivity index (χ1v) is 14.3. The number of rotatable bonds is 21. The van der Waals surface area contributed by atoms with Crippen molar-refractivity contribution in [3.63, 3.8) is 0 Å². The summed E-state index contributed by atoms with van der Waals surface area (Å²) in [5.74, 6) is 0. The van der Waals surface area contributed by atoms with E-state index in [9.17, 15) is 9.67 Å². The Morgan fingerprint density at radius 3 is 1.97 bits per heavy atom. The second-order valence-corrected chi connectivity index (χ2v) is 11.9. The van der Waals surface area contributed by atoms with Crippen molar-refractivity contribution >= 4 is 7.60 Å². The second kappa shape index (κ2) is 18.2. The smallest absolute Gasteiger partial charge is 0.327 e. The molecule has 3 N–H and O–H groups in total. The Balaban J connectivity index is 3.74. The van der Waals surface area contributed by atoms with E-state index in [0.29, 0.717) is 6.61 Å². The molecule has 0 aromatic rings. The summed E-state index contributed by atoms with van der Waals surface area (Å²) in [7, 11) is 2.97. The Morgan fingerprint density at radius 1 is 0.935 bits per heavy atom. The van der Waals surface area contributed by atoms with Gasteiger partial charge in [-0.2, -0.15) is 0 Å². The number of aliphatic hydroxyl groups excluding tert-OH is 1. The van der Waals surface area contributed by atoms with E-state index >= 15 is 0 Å². The fourth-order valence-electron chi connectivity index (χ4n) is 3.14. The molecule has 0 aliphatic carbocycles. The molecule has 31 heavy (non-hydrogen) atoms. The van der Waals surface area contributed by atoms with E-state index in [1.165, 1.54) is 70.9 Å². The maximum atomic E-state index is 12.3. The highest BCUT2D eigenvalue weighted by atomic mass is 31.2. The summed E-state index contributed by atoms with van der Waals surface area (Å²) < 4.78 is 23.8. The minimum atomic E-state index is -3.16. The van der Waals surface area contributed by atoms with Crippen LogP contribution < -0.4 is 5.73 Å². The van der Waals surface area contributed by atoms with Crippen molar-refractivity contribution < 1.29 is 23.2 Å². The van der Waals surface area contributed by atoms with Gasteiger partial charge in [0.25, 0.3) is 0 Å². The quantitative estimate of drug-likeness (QED) is 0.102. The lowest BCUT2D eigenvalue weighted by Crippen LogP contribution is -2.38. The number of aliphatic hydroxyl groups is 1. The molecule has 7 heteroatoms. The molecule has 0 saturated heterocycles. The van der Waals surface area contributed by atoms with Gasteiger partial charge in [0.1, 0.15) is 13.2 Å². The first-order valence-electron chi connectivity index (χ1n) is 12.3. The molecule has 0 radical (unpaired) electrons. The molecule has 0 aliphatic heterocycles. The summed E-state index contributed by atoms with van der Waals surface area (Å²) in [6.07, 6.45) is 18.5. The van der Waals surface area contributed by atoms with Crippen LogP contribution in [0.5, 0.6) is 0 Å². The highest BCUT2D eigenvalue weighted by Crippen LogP contribution is 2.43. The zero-order chi connectivity index (χ0) is 23.6. The van der Waals surface area contributed by atoms with Crippen LogP contribution in [0, 0.1) is 0 Å². The molecule has 0 amide bonds. The van der Waals surface area contributed by atoms with Gasteiger partial charge in [-0.15, -0.1) is 0 Å². The second-order valence-electron chi connectivity index (χ2n) is 9.82. The first-order chi connectivity index (χ1) is 14.6. The molecule has 0 heterocycles. The summed E-state index contributed by atoms with van der Waals surface area (Å²) in [6, 6.07) is -0.621. The van der Waals surface area contributed by atoms with Gasteiger partial charge >= 0.3 is 7.60 Å². The third-order valence-electron chi connectivity index (χ3n) is 5.34. The largest absolute Gasteiger partial charge is 0.387 e. The zero-order valence-corrected chi connectivity index (χ0v) is 22.0. The average Bonchev–Trinajstić information content (AvgIpc) is 2.68. The van der Waals surface area contributed by atoms with Gasteiger partial charge in [-0.1, -0.05) is 83.3 Å². The fraction of sp³-hybridized carbons (Fsp3) is 0.917. The third kappa shape index (κ3) is 21.4. The molecule has 0 aliphatic rings. The number of hydrogen-bond donors (Lipinski definition) is 2. The van der Waals surface area contributed by atoms with Crippen molar-refractivity contribution in [1.29, 1.82) is 0 Å². The van der Waals surface area contributed by atoms with E-state index in [0.717, 1.165) is 23.9 Å². The summed E-state index contributed by atoms with van der Waals surface area (Å²) in [5.41, 5.74) is 5.96. The van der Waals surface area contributed by atoms with Gasteiger partial charge in [0.05, 0.1) is 39.9 Å². The van der Waals surface area contributed by atoms with Gasteiger partial charge in [0.15, 0.2) is 0 Å². The van der Waals surface area contributed by atoms with Gasteiger partial charge in [-0.05, 0) is 12.8 Å². The first kappa shape index (κ1) is 30.8. The van der Waals surface area contributed by atoms with Crippen LogP contribution in [0.25, 0.3) is 0 Å². The summed E-state index contributed by atoms with van der Waals surface area (Å²) in [5, 5.41) is 10.1. The van der Waals surface area contributed by atoms with Crippen molar-refractivity contribution in [2.75, 3.05) is 47.6 Å². The molecule has 6 nitrogen and oxygen atoms in total. The van der Waals surface area contributed by atoms with Crippen LogP contribution >= 0.6 is 7.60 Å². The molecule has 0 aromatic heterocycles. The topological polar surface area (TPSA) is 81.8 Å². The molecule has 0 fully saturated rings. The van der Waals surface area contributed by atoms with E-state index in [4.69, 9.17) is 14.8 Å². The number of quaternary nitrogens is 1. The van der Waals surface area contributed by atoms with Crippen LogP contribution in [0.4, 0.5) is 0 Å². The van der Waals surface area contributed by atoms with Gasteiger partial charge in [-0.3, -0.25) is 4.57 Å². The van der Waals surface area contributed by atoms with Crippen molar-refractivity contribution in [2.24, 2.45) is 5.73 Å². The van der Waals surface area contributed by atoms with Crippen molar-refractivity contribution in [3.05, 3.63) is 12.2 Å². The van der Waals surface area contributed by atoms with E-state index in [-0.39, 0.29) is 6.61 Å². The van der Waals surface area contributed by atoms with Crippen LogP contribution in [0.1, 0.15) is 84.0 Å². The van der Waals surface area contributed by atoms with Crippen LogP contribution in [0.15, 0.2) is 12.2 Å². The third-order valence-corrected chi connectivity index (χ3v) is 6.61. The summed E-state index contributed by atoms with van der Waals surface area (Å²) >= 11 is 0.